The van der Waals surface area contributed by atoms with Gasteiger partial charge in [0, 0.05) is 12.1 Å². The van der Waals surface area contributed by atoms with Gasteiger partial charge in [-0.3, -0.25) is 14.9 Å². The fourth-order valence-electron chi connectivity index (χ4n) is 3.21. The van der Waals surface area contributed by atoms with Gasteiger partial charge in [-0.05, 0) is 42.3 Å². The normalized spacial score (nSPS) is 10.4. The molecule has 0 bridgehead atoms. The molecule has 33 heavy (non-hydrogen) atoms. The molecule has 0 saturated carbocycles. The van der Waals surface area contributed by atoms with Crippen molar-refractivity contribution in [3.63, 3.8) is 0 Å². The summed E-state index contributed by atoms with van der Waals surface area (Å²) in [5.74, 6) is 0.269. The van der Waals surface area contributed by atoms with Gasteiger partial charge in [0.2, 0.25) is 0 Å². The Labute approximate surface area is 190 Å². The van der Waals surface area contributed by atoms with Crippen molar-refractivity contribution in [3.05, 3.63) is 93.3 Å². The fraction of sp³-hybridized carbons (Fsp3) is 0.208. The summed E-state index contributed by atoms with van der Waals surface area (Å²) in [5.41, 5.74) is 1.36. The lowest BCUT2D eigenvalue weighted by molar-refractivity contribution is -0.385. The summed E-state index contributed by atoms with van der Waals surface area (Å²) in [6, 6.07) is 15.4. The molecule has 0 aliphatic heterocycles. The first-order chi connectivity index (χ1) is 15.9. The van der Waals surface area contributed by atoms with Gasteiger partial charge < -0.3 is 19.5 Å². The van der Waals surface area contributed by atoms with Gasteiger partial charge in [0.05, 0.1) is 30.8 Å². The molecule has 0 heterocycles. The highest BCUT2D eigenvalue weighted by atomic mass is 19.1. The lowest BCUT2D eigenvalue weighted by atomic mass is 10.1. The highest BCUT2D eigenvalue weighted by molar-refractivity contribution is 5.96. The second kappa shape index (κ2) is 10.9. The van der Waals surface area contributed by atoms with E-state index in [1.165, 1.54) is 38.5 Å². The summed E-state index contributed by atoms with van der Waals surface area (Å²) in [5, 5.41) is 14.2. The molecule has 1 amide bonds. The van der Waals surface area contributed by atoms with Gasteiger partial charge in [0.1, 0.15) is 18.2 Å². The van der Waals surface area contributed by atoms with Crippen LogP contribution in [0, 0.1) is 15.9 Å². The van der Waals surface area contributed by atoms with E-state index >= 15 is 0 Å². The second-order valence-electron chi connectivity index (χ2n) is 7.01. The predicted octanol–water partition coefficient (Wildman–Crippen LogP) is 4.30. The van der Waals surface area contributed by atoms with Crippen LogP contribution in [-0.2, 0) is 13.0 Å². The maximum absolute atomic E-state index is 13.1. The van der Waals surface area contributed by atoms with Crippen LogP contribution in [0.4, 0.5) is 10.1 Å². The van der Waals surface area contributed by atoms with Gasteiger partial charge in [-0.1, -0.05) is 24.3 Å². The Morgan fingerprint density at radius 2 is 1.67 bits per heavy atom. The van der Waals surface area contributed by atoms with Gasteiger partial charge in [-0.15, -0.1) is 0 Å². The van der Waals surface area contributed by atoms with E-state index in [2.05, 4.69) is 5.32 Å². The zero-order chi connectivity index (χ0) is 23.8. The molecule has 0 atom stereocenters. The summed E-state index contributed by atoms with van der Waals surface area (Å²) in [4.78, 5) is 23.7. The van der Waals surface area contributed by atoms with E-state index < -0.39 is 4.92 Å². The van der Waals surface area contributed by atoms with Gasteiger partial charge in [0.15, 0.2) is 11.5 Å². The van der Waals surface area contributed by atoms with Crippen LogP contribution in [0.25, 0.3) is 0 Å². The molecule has 172 valence electrons. The number of nitrogens with one attached hydrogen (secondary N) is 1. The van der Waals surface area contributed by atoms with E-state index in [-0.39, 0.29) is 42.7 Å². The average Bonchev–Trinajstić information content (AvgIpc) is 2.83. The molecular weight excluding hydrogens is 431 g/mol. The molecule has 8 nitrogen and oxygen atoms in total. The highest BCUT2D eigenvalue weighted by Crippen LogP contribution is 2.34. The van der Waals surface area contributed by atoms with E-state index in [0.29, 0.717) is 22.6 Å². The number of nitro benzene ring substituents is 1. The number of hydrogen-bond donors (Lipinski definition) is 1. The molecule has 0 radical (unpaired) electrons. The Morgan fingerprint density at radius 1 is 1.00 bits per heavy atom. The van der Waals surface area contributed by atoms with Crippen molar-refractivity contribution in [2.75, 3.05) is 20.8 Å². The molecular formula is C24H23FN2O6. The number of benzene rings is 3. The maximum Gasteiger partial charge on any atom is 0.276 e. The van der Waals surface area contributed by atoms with E-state index in [1.54, 1.807) is 36.4 Å². The van der Waals surface area contributed by atoms with Crippen molar-refractivity contribution in [1.82, 2.24) is 5.32 Å². The van der Waals surface area contributed by atoms with Crippen molar-refractivity contribution < 1.29 is 28.3 Å². The minimum absolute atomic E-state index is 0.120. The molecule has 0 spiro atoms. The van der Waals surface area contributed by atoms with E-state index in [1.807, 2.05) is 0 Å². The summed E-state index contributed by atoms with van der Waals surface area (Å²) in [7, 11) is 2.84. The van der Waals surface area contributed by atoms with E-state index in [4.69, 9.17) is 14.2 Å². The summed E-state index contributed by atoms with van der Waals surface area (Å²) >= 11 is 0. The number of carbonyl (C=O) groups excluding carboxylic acids is 1. The molecule has 0 saturated heterocycles. The third-order valence-corrected chi connectivity index (χ3v) is 4.90. The minimum atomic E-state index is -0.502. The van der Waals surface area contributed by atoms with Crippen molar-refractivity contribution in [3.8, 4) is 17.2 Å². The van der Waals surface area contributed by atoms with E-state index in [9.17, 15) is 19.3 Å². The number of hydrogen-bond acceptors (Lipinski definition) is 6. The molecule has 3 aromatic carbocycles. The lowest BCUT2D eigenvalue weighted by Crippen LogP contribution is -2.26. The maximum atomic E-state index is 13.1. The standard InChI is InChI=1S/C24H23FN2O6/c1-31-22-13-17(20(27(29)30)14-23(22)32-2)11-12-26-24(28)19-5-3-4-6-21(19)33-15-16-7-9-18(25)10-8-16/h3-10,13-14H,11-12,15H2,1-2H3,(H,26,28). The van der Waals surface area contributed by atoms with Crippen LogP contribution >= 0.6 is 0 Å². The zero-order valence-electron chi connectivity index (χ0n) is 18.2. The topological polar surface area (TPSA) is 99.9 Å². The quantitative estimate of drug-likeness (QED) is 0.362. The molecule has 0 aliphatic carbocycles. The largest absolute Gasteiger partial charge is 0.493 e. The summed E-state index contributed by atoms with van der Waals surface area (Å²) in [6.45, 7) is 0.323. The number of rotatable bonds is 10. The third kappa shape index (κ3) is 5.97. The number of carbonyl (C=O) groups is 1. The molecule has 1 N–H and O–H groups in total. The fourth-order valence-corrected chi connectivity index (χ4v) is 3.21. The lowest BCUT2D eigenvalue weighted by Gasteiger charge is -2.13. The van der Waals surface area contributed by atoms with Crippen LogP contribution < -0.4 is 19.5 Å². The van der Waals surface area contributed by atoms with Crippen LogP contribution in [0.1, 0.15) is 21.5 Å². The smallest absolute Gasteiger partial charge is 0.276 e. The average molecular weight is 454 g/mol. The third-order valence-electron chi connectivity index (χ3n) is 4.90. The van der Waals surface area contributed by atoms with Crippen LogP contribution in [0.3, 0.4) is 0 Å². The number of nitro groups is 1. The molecule has 0 aliphatic rings. The zero-order valence-corrected chi connectivity index (χ0v) is 18.2. The number of ether oxygens (including phenoxy) is 3. The van der Waals surface area contributed by atoms with Crippen LogP contribution in [0.2, 0.25) is 0 Å². The van der Waals surface area contributed by atoms with Gasteiger partial charge >= 0.3 is 0 Å². The first-order valence-corrected chi connectivity index (χ1v) is 10.1. The Morgan fingerprint density at radius 3 is 2.33 bits per heavy atom. The number of methoxy groups -OCH3 is 2. The Balaban J connectivity index is 1.67. The number of para-hydroxylation sites is 1. The van der Waals surface area contributed by atoms with Crippen LogP contribution in [0.5, 0.6) is 17.2 Å². The van der Waals surface area contributed by atoms with Crippen molar-refractivity contribution in [1.29, 1.82) is 0 Å². The second-order valence-corrected chi connectivity index (χ2v) is 7.01. The Bertz CT molecular complexity index is 1130. The molecule has 3 rings (SSSR count). The van der Waals surface area contributed by atoms with E-state index in [0.717, 1.165) is 5.56 Å². The van der Waals surface area contributed by atoms with Crippen molar-refractivity contribution in [2.24, 2.45) is 0 Å². The van der Waals surface area contributed by atoms with Gasteiger partial charge in [-0.25, -0.2) is 4.39 Å². The SMILES string of the molecule is COc1cc(CCNC(=O)c2ccccc2OCc2ccc(F)cc2)c([N+](=O)[O-])cc1OC. The summed E-state index contributed by atoms with van der Waals surface area (Å²) < 4.78 is 29.2. The molecule has 0 unspecified atom stereocenters. The Hall–Kier alpha value is -4.14. The highest BCUT2D eigenvalue weighted by Gasteiger charge is 2.20. The minimum Gasteiger partial charge on any atom is -0.493 e. The molecule has 0 aromatic heterocycles. The monoisotopic (exact) mass is 454 g/mol. The van der Waals surface area contributed by atoms with Crippen molar-refractivity contribution in [2.45, 2.75) is 13.0 Å². The van der Waals surface area contributed by atoms with Gasteiger partial charge in [-0.2, -0.15) is 0 Å². The predicted molar refractivity (Wildman–Crippen MR) is 119 cm³/mol. The molecule has 9 heteroatoms. The molecule has 0 fully saturated rings. The summed E-state index contributed by atoms with van der Waals surface area (Å²) in [6.07, 6.45) is 0.209. The van der Waals surface area contributed by atoms with Crippen LogP contribution in [-0.4, -0.2) is 31.6 Å². The number of halogens is 1. The Kier molecular flexibility index (Phi) is 7.80. The first kappa shape index (κ1) is 23.5. The van der Waals surface area contributed by atoms with Crippen LogP contribution in [0.15, 0.2) is 60.7 Å². The van der Waals surface area contributed by atoms with Gasteiger partial charge in [0.25, 0.3) is 11.6 Å². The number of nitrogens with zero attached hydrogens (tertiary/aromatic N) is 1. The number of amides is 1. The first-order valence-electron chi connectivity index (χ1n) is 10.1. The van der Waals surface area contributed by atoms with Crippen molar-refractivity contribution >= 4 is 11.6 Å². The molecule has 3 aromatic rings.